The van der Waals surface area contributed by atoms with Crippen LogP contribution in [0, 0.1) is 18.3 Å². The van der Waals surface area contributed by atoms with Crippen molar-refractivity contribution in [1.82, 2.24) is 0 Å². The fraction of sp³-hybridized carbons (Fsp3) is 0.278. The molecule has 0 bridgehead atoms. The molecule has 0 aliphatic rings. The lowest BCUT2D eigenvalue weighted by molar-refractivity contribution is 0.0383. The lowest BCUT2D eigenvalue weighted by Gasteiger charge is -2.06. The van der Waals surface area contributed by atoms with E-state index in [0.717, 1.165) is 11.3 Å². The van der Waals surface area contributed by atoms with E-state index in [0.29, 0.717) is 26.8 Å². The number of amides is 1. The summed E-state index contributed by atoms with van der Waals surface area (Å²) in [5.41, 5.74) is 1.15. The second kappa shape index (κ2) is 7.81. The van der Waals surface area contributed by atoms with Gasteiger partial charge < -0.3 is 14.8 Å². The standard InChI is InChI=1S/C18H18N2O4S/c1-10(2)24-18(22)15-11(3)14(9-19)17(25-15)20-16(21)12-6-5-7-13(8-12)23-4/h5-8,10H,1-4H3,(H,20,21). The topological polar surface area (TPSA) is 88.4 Å². The molecule has 1 aromatic carbocycles. The molecular weight excluding hydrogens is 340 g/mol. The van der Waals surface area contributed by atoms with Gasteiger partial charge in [0.05, 0.1) is 18.8 Å². The minimum Gasteiger partial charge on any atom is -0.497 e. The van der Waals surface area contributed by atoms with Crippen LogP contribution in [0.4, 0.5) is 5.00 Å². The first-order valence-corrected chi connectivity index (χ1v) is 8.38. The molecule has 130 valence electrons. The van der Waals surface area contributed by atoms with Crippen molar-refractivity contribution in [2.75, 3.05) is 12.4 Å². The summed E-state index contributed by atoms with van der Waals surface area (Å²) < 4.78 is 10.3. The lowest BCUT2D eigenvalue weighted by atomic mass is 10.1. The van der Waals surface area contributed by atoms with Crippen molar-refractivity contribution in [2.45, 2.75) is 26.9 Å². The number of hydrogen-bond acceptors (Lipinski definition) is 6. The number of nitrogens with one attached hydrogen (secondary N) is 1. The molecule has 0 radical (unpaired) electrons. The van der Waals surface area contributed by atoms with Crippen LogP contribution in [0.25, 0.3) is 0 Å². The summed E-state index contributed by atoms with van der Waals surface area (Å²) in [6.45, 7) is 5.15. The molecule has 1 aromatic heterocycles. The molecule has 1 amide bonds. The van der Waals surface area contributed by atoms with E-state index in [1.54, 1.807) is 45.0 Å². The number of methoxy groups -OCH3 is 1. The Kier molecular flexibility index (Phi) is 5.78. The van der Waals surface area contributed by atoms with Gasteiger partial charge in [-0.3, -0.25) is 4.79 Å². The number of benzene rings is 1. The van der Waals surface area contributed by atoms with E-state index in [2.05, 4.69) is 5.32 Å². The molecule has 0 atom stereocenters. The van der Waals surface area contributed by atoms with Gasteiger partial charge in [0, 0.05) is 5.56 Å². The second-order valence-corrected chi connectivity index (χ2v) is 6.53. The quantitative estimate of drug-likeness (QED) is 0.822. The molecule has 1 heterocycles. The number of esters is 1. The number of carbonyl (C=O) groups is 2. The highest BCUT2D eigenvalue weighted by Crippen LogP contribution is 2.33. The minimum absolute atomic E-state index is 0.261. The van der Waals surface area contributed by atoms with E-state index in [1.165, 1.54) is 7.11 Å². The molecule has 2 rings (SSSR count). The average molecular weight is 358 g/mol. The molecule has 0 aliphatic heterocycles. The summed E-state index contributed by atoms with van der Waals surface area (Å²) in [4.78, 5) is 24.9. The van der Waals surface area contributed by atoms with E-state index >= 15 is 0 Å². The summed E-state index contributed by atoms with van der Waals surface area (Å²) in [5.74, 6) is -0.340. The molecule has 0 saturated carbocycles. The number of anilines is 1. The van der Waals surface area contributed by atoms with Crippen LogP contribution in [0.15, 0.2) is 24.3 Å². The molecule has 0 saturated heterocycles. The number of carbonyl (C=O) groups excluding carboxylic acids is 2. The summed E-state index contributed by atoms with van der Waals surface area (Å²) in [7, 11) is 1.51. The summed E-state index contributed by atoms with van der Waals surface area (Å²) in [5, 5.41) is 12.4. The maximum Gasteiger partial charge on any atom is 0.348 e. The Labute approximate surface area is 150 Å². The summed E-state index contributed by atoms with van der Waals surface area (Å²) in [6, 6.07) is 8.69. The molecule has 0 spiro atoms. The third kappa shape index (κ3) is 4.17. The molecule has 2 aromatic rings. The minimum atomic E-state index is -0.504. The first kappa shape index (κ1) is 18.5. The molecule has 7 heteroatoms. The van der Waals surface area contributed by atoms with Gasteiger partial charge in [0.15, 0.2) is 0 Å². The van der Waals surface area contributed by atoms with Gasteiger partial charge in [0.2, 0.25) is 0 Å². The van der Waals surface area contributed by atoms with Crippen LogP contribution in [0.1, 0.15) is 45.0 Å². The Morgan fingerprint density at radius 3 is 2.64 bits per heavy atom. The van der Waals surface area contributed by atoms with Gasteiger partial charge in [-0.2, -0.15) is 5.26 Å². The van der Waals surface area contributed by atoms with Crippen molar-refractivity contribution >= 4 is 28.2 Å². The Balaban J connectivity index is 2.31. The summed E-state index contributed by atoms with van der Waals surface area (Å²) in [6.07, 6.45) is -0.269. The fourth-order valence-corrected chi connectivity index (χ4v) is 3.17. The maximum atomic E-state index is 12.4. The van der Waals surface area contributed by atoms with Crippen molar-refractivity contribution in [3.8, 4) is 11.8 Å². The normalized spacial score (nSPS) is 10.2. The van der Waals surface area contributed by atoms with Crippen molar-refractivity contribution in [2.24, 2.45) is 0 Å². The monoisotopic (exact) mass is 358 g/mol. The molecular formula is C18H18N2O4S. The zero-order chi connectivity index (χ0) is 18.6. The smallest absolute Gasteiger partial charge is 0.348 e. The zero-order valence-corrected chi connectivity index (χ0v) is 15.2. The van der Waals surface area contributed by atoms with Crippen LogP contribution in [-0.4, -0.2) is 25.1 Å². The van der Waals surface area contributed by atoms with Gasteiger partial charge >= 0.3 is 5.97 Å². The largest absolute Gasteiger partial charge is 0.497 e. The van der Waals surface area contributed by atoms with Gasteiger partial charge in [0.25, 0.3) is 5.91 Å². The number of nitrogens with zero attached hydrogens (tertiary/aromatic N) is 1. The third-order valence-electron chi connectivity index (χ3n) is 3.35. The Morgan fingerprint density at radius 2 is 2.04 bits per heavy atom. The van der Waals surface area contributed by atoms with E-state index in [9.17, 15) is 14.9 Å². The fourth-order valence-electron chi connectivity index (χ4n) is 2.14. The number of ether oxygens (including phenoxy) is 2. The van der Waals surface area contributed by atoms with E-state index in [4.69, 9.17) is 9.47 Å². The van der Waals surface area contributed by atoms with Gasteiger partial charge in [-0.25, -0.2) is 4.79 Å². The predicted octanol–water partition coefficient (Wildman–Crippen LogP) is 3.75. The molecule has 1 N–H and O–H groups in total. The number of thiophene rings is 1. The van der Waals surface area contributed by atoms with Crippen molar-refractivity contribution in [3.63, 3.8) is 0 Å². The lowest BCUT2D eigenvalue weighted by Crippen LogP contribution is -2.11. The van der Waals surface area contributed by atoms with Gasteiger partial charge in [-0.15, -0.1) is 11.3 Å². The Hall–Kier alpha value is -2.85. The number of rotatable bonds is 5. The zero-order valence-electron chi connectivity index (χ0n) is 14.4. The first-order valence-electron chi connectivity index (χ1n) is 7.57. The maximum absolute atomic E-state index is 12.4. The molecule has 6 nitrogen and oxygen atoms in total. The van der Waals surface area contributed by atoms with Crippen LogP contribution >= 0.6 is 11.3 Å². The van der Waals surface area contributed by atoms with E-state index < -0.39 is 5.97 Å². The summed E-state index contributed by atoms with van der Waals surface area (Å²) >= 11 is 1.03. The highest BCUT2D eigenvalue weighted by molar-refractivity contribution is 7.18. The predicted molar refractivity (Wildman–Crippen MR) is 95.3 cm³/mol. The van der Waals surface area contributed by atoms with Gasteiger partial charge in [-0.05, 0) is 44.5 Å². The van der Waals surface area contributed by atoms with Gasteiger partial charge in [0.1, 0.15) is 21.7 Å². The van der Waals surface area contributed by atoms with E-state index in [1.807, 2.05) is 6.07 Å². The van der Waals surface area contributed by atoms with Gasteiger partial charge in [-0.1, -0.05) is 6.07 Å². The number of hydrogen-bond donors (Lipinski definition) is 1. The van der Waals surface area contributed by atoms with Crippen LogP contribution in [0.2, 0.25) is 0 Å². The Morgan fingerprint density at radius 1 is 1.32 bits per heavy atom. The third-order valence-corrected chi connectivity index (χ3v) is 4.53. The SMILES string of the molecule is COc1cccc(C(=O)Nc2sc(C(=O)OC(C)C)c(C)c2C#N)c1. The van der Waals surface area contributed by atoms with Crippen molar-refractivity contribution < 1.29 is 19.1 Å². The van der Waals surface area contributed by atoms with E-state index in [-0.39, 0.29) is 17.6 Å². The number of nitriles is 1. The average Bonchev–Trinajstić information content (AvgIpc) is 2.89. The van der Waals surface area contributed by atoms with Crippen LogP contribution in [0.3, 0.4) is 0 Å². The molecule has 25 heavy (non-hydrogen) atoms. The van der Waals surface area contributed by atoms with Crippen molar-refractivity contribution in [3.05, 3.63) is 45.8 Å². The second-order valence-electron chi connectivity index (χ2n) is 5.51. The van der Waals surface area contributed by atoms with Crippen LogP contribution in [-0.2, 0) is 4.74 Å². The van der Waals surface area contributed by atoms with Crippen LogP contribution in [0.5, 0.6) is 5.75 Å². The highest BCUT2D eigenvalue weighted by atomic mass is 32.1. The molecule has 0 unspecified atom stereocenters. The molecule has 0 fully saturated rings. The Bertz CT molecular complexity index is 849. The first-order chi connectivity index (χ1) is 11.9. The molecule has 0 aliphatic carbocycles. The highest BCUT2D eigenvalue weighted by Gasteiger charge is 2.23. The van der Waals surface area contributed by atoms with Crippen LogP contribution < -0.4 is 10.1 Å². The van der Waals surface area contributed by atoms with Crippen molar-refractivity contribution in [1.29, 1.82) is 5.26 Å².